The van der Waals surface area contributed by atoms with Crippen LogP contribution in [0, 0.1) is 6.92 Å². The van der Waals surface area contributed by atoms with Crippen LogP contribution in [0.5, 0.6) is 5.75 Å². The number of aryl methyl sites for hydroxylation is 1. The van der Waals surface area contributed by atoms with Crippen LogP contribution >= 0.6 is 0 Å². The van der Waals surface area contributed by atoms with Crippen LogP contribution in [0.15, 0.2) is 42.5 Å². The summed E-state index contributed by atoms with van der Waals surface area (Å²) < 4.78 is 6.91. The van der Waals surface area contributed by atoms with Gasteiger partial charge in [0.15, 0.2) is 5.69 Å². The SMILES string of the molecule is COc1ccccc1-n1nc(C(N)=O)c2c1C(=O)N(c1ccc(N3CCCC3=O)c(C)c1)CC2. The molecule has 0 saturated carbocycles. The van der Waals surface area contributed by atoms with Crippen LogP contribution < -0.4 is 20.3 Å². The fourth-order valence-corrected chi connectivity index (χ4v) is 4.80. The van der Waals surface area contributed by atoms with E-state index < -0.39 is 5.91 Å². The number of aromatic nitrogens is 2. The number of primary amides is 1. The van der Waals surface area contributed by atoms with Gasteiger partial charge in [-0.2, -0.15) is 5.10 Å². The lowest BCUT2D eigenvalue weighted by Gasteiger charge is -2.29. The van der Waals surface area contributed by atoms with Gasteiger partial charge in [0.2, 0.25) is 5.91 Å². The molecule has 1 fully saturated rings. The molecule has 9 nitrogen and oxygen atoms in total. The molecule has 2 aromatic carbocycles. The van der Waals surface area contributed by atoms with E-state index in [-0.39, 0.29) is 17.5 Å². The number of amides is 3. The number of carbonyl (C=O) groups is 3. The lowest BCUT2D eigenvalue weighted by Crippen LogP contribution is -2.39. The number of nitrogens with zero attached hydrogens (tertiary/aromatic N) is 4. The zero-order valence-electron chi connectivity index (χ0n) is 19.1. The molecule has 0 bridgehead atoms. The molecule has 1 saturated heterocycles. The zero-order valence-corrected chi connectivity index (χ0v) is 19.1. The summed E-state index contributed by atoms with van der Waals surface area (Å²) in [5.74, 6) is -0.323. The third-order valence-corrected chi connectivity index (χ3v) is 6.42. The van der Waals surface area contributed by atoms with Crippen LogP contribution in [0.3, 0.4) is 0 Å². The summed E-state index contributed by atoms with van der Waals surface area (Å²) in [6.07, 6.45) is 1.84. The normalized spacial score (nSPS) is 15.6. The molecule has 174 valence electrons. The van der Waals surface area contributed by atoms with Crippen molar-refractivity contribution in [1.82, 2.24) is 9.78 Å². The first-order chi connectivity index (χ1) is 16.4. The van der Waals surface area contributed by atoms with E-state index in [9.17, 15) is 14.4 Å². The Kier molecular flexibility index (Phi) is 5.31. The molecule has 0 atom stereocenters. The van der Waals surface area contributed by atoms with Crippen molar-refractivity contribution in [3.8, 4) is 11.4 Å². The number of nitrogens with two attached hydrogens (primary N) is 1. The minimum absolute atomic E-state index is 0.0907. The van der Waals surface area contributed by atoms with E-state index >= 15 is 0 Å². The summed E-state index contributed by atoms with van der Waals surface area (Å²) in [4.78, 5) is 41.5. The van der Waals surface area contributed by atoms with Crippen LogP contribution in [0.4, 0.5) is 11.4 Å². The van der Waals surface area contributed by atoms with E-state index in [0.29, 0.717) is 48.6 Å². The van der Waals surface area contributed by atoms with Gasteiger partial charge in [0.25, 0.3) is 11.8 Å². The Morgan fingerprint density at radius 2 is 1.82 bits per heavy atom. The summed E-state index contributed by atoms with van der Waals surface area (Å²) in [5.41, 5.74) is 9.57. The number of fused-ring (bicyclic) bond motifs is 1. The summed E-state index contributed by atoms with van der Waals surface area (Å²) in [7, 11) is 1.54. The highest BCUT2D eigenvalue weighted by Crippen LogP contribution is 2.34. The standard InChI is InChI=1S/C25H25N5O4/c1-15-14-16(9-10-18(15)29-12-5-8-21(29)31)28-13-11-17-22(24(26)32)27-30(23(17)25(28)33)19-6-3-4-7-20(19)34-2/h3-4,6-7,9-10,14H,5,8,11-13H2,1-2H3,(H2,26,32). The molecule has 34 heavy (non-hydrogen) atoms. The zero-order chi connectivity index (χ0) is 24.0. The number of methoxy groups -OCH3 is 1. The van der Waals surface area contributed by atoms with E-state index in [1.54, 1.807) is 21.9 Å². The fraction of sp³-hybridized carbons (Fsp3) is 0.280. The third-order valence-electron chi connectivity index (χ3n) is 6.42. The van der Waals surface area contributed by atoms with Crippen molar-refractivity contribution in [2.75, 3.05) is 30.0 Å². The largest absolute Gasteiger partial charge is 0.494 e. The number of para-hydroxylation sites is 2. The van der Waals surface area contributed by atoms with E-state index in [0.717, 1.165) is 23.4 Å². The summed E-state index contributed by atoms with van der Waals surface area (Å²) >= 11 is 0. The molecule has 5 rings (SSSR count). The van der Waals surface area contributed by atoms with Gasteiger partial charge in [0, 0.05) is 36.4 Å². The van der Waals surface area contributed by atoms with Crippen molar-refractivity contribution in [3.05, 3.63) is 65.0 Å². The van der Waals surface area contributed by atoms with Crippen molar-refractivity contribution in [3.63, 3.8) is 0 Å². The maximum Gasteiger partial charge on any atom is 0.277 e. The smallest absolute Gasteiger partial charge is 0.277 e. The van der Waals surface area contributed by atoms with Crippen LogP contribution in [-0.2, 0) is 11.2 Å². The second kappa shape index (κ2) is 8.33. The predicted octanol–water partition coefficient (Wildman–Crippen LogP) is 2.62. The number of hydrogen-bond acceptors (Lipinski definition) is 5. The summed E-state index contributed by atoms with van der Waals surface area (Å²) in [5, 5.41) is 4.41. The summed E-state index contributed by atoms with van der Waals surface area (Å²) in [6, 6.07) is 12.8. The van der Waals surface area contributed by atoms with Gasteiger partial charge in [0.05, 0.1) is 7.11 Å². The molecule has 1 aromatic heterocycles. The summed E-state index contributed by atoms with van der Waals surface area (Å²) in [6.45, 7) is 3.03. The molecule has 2 aliphatic rings. The quantitative estimate of drug-likeness (QED) is 0.631. The van der Waals surface area contributed by atoms with Crippen molar-refractivity contribution in [2.45, 2.75) is 26.2 Å². The molecule has 0 unspecified atom stereocenters. The Morgan fingerprint density at radius 1 is 1.03 bits per heavy atom. The lowest BCUT2D eigenvalue weighted by molar-refractivity contribution is -0.117. The van der Waals surface area contributed by atoms with E-state index in [1.165, 1.54) is 11.8 Å². The minimum atomic E-state index is -0.679. The van der Waals surface area contributed by atoms with Crippen molar-refractivity contribution in [2.24, 2.45) is 5.73 Å². The number of anilines is 2. The highest BCUT2D eigenvalue weighted by Gasteiger charge is 2.35. The van der Waals surface area contributed by atoms with Crippen LogP contribution in [0.2, 0.25) is 0 Å². The van der Waals surface area contributed by atoms with Gasteiger partial charge in [-0.25, -0.2) is 4.68 Å². The maximum atomic E-state index is 13.8. The first kappa shape index (κ1) is 21.7. The van der Waals surface area contributed by atoms with Gasteiger partial charge in [-0.15, -0.1) is 0 Å². The average molecular weight is 460 g/mol. The van der Waals surface area contributed by atoms with Crippen LogP contribution in [0.1, 0.15) is 44.9 Å². The Bertz CT molecular complexity index is 1330. The Morgan fingerprint density at radius 3 is 2.50 bits per heavy atom. The minimum Gasteiger partial charge on any atom is -0.494 e. The molecule has 0 aliphatic carbocycles. The van der Waals surface area contributed by atoms with E-state index in [2.05, 4.69) is 5.10 Å². The highest BCUT2D eigenvalue weighted by atomic mass is 16.5. The molecular formula is C25H25N5O4. The van der Waals surface area contributed by atoms with Crippen molar-refractivity contribution >= 4 is 29.1 Å². The van der Waals surface area contributed by atoms with Gasteiger partial charge >= 0.3 is 0 Å². The average Bonchev–Trinajstić information content (AvgIpc) is 3.43. The first-order valence-electron chi connectivity index (χ1n) is 11.2. The molecule has 3 amide bonds. The molecule has 2 aliphatic heterocycles. The Balaban J connectivity index is 1.57. The number of carbonyl (C=O) groups excluding carboxylic acids is 3. The molecular weight excluding hydrogens is 434 g/mol. The monoisotopic (exact) mass is 459 g/mol. The van der Waals surface area contributed by atoms with Crippen LogP contribution in [0.25, 0.3) is 5.69 Å². The van der Waals surface area contributed by atoms with Gasteiger partial charge in [-0.3, -0.25) is 14.4 Å². The Labute approximate surface area is 196 Å². The predicted molar refractivity (Wildman–Crippen MR) is 127 cm³/mol. The molecule has 3 aromatic rings. The van der Waals surface area contributed by atoms with Crippen molar-refractivity contribution < 1.29 is 19.1 Å². The number of hydrogen-bond donors (Lipinski definition) is 1. The third kappa shape index (κ3) is 3.40. The Hall–Kier alpha value is -4.14. The van der Waals surface area contributed by atoms with E-state index in [1.807, 2.05) is 37.3 Å². The van der Waals surface area contributed by atoms with Gasteiger partial charge in [-0.05, 0) is 55.7 Å². The van der Waals surface area contributed by atoms with Gasteiger partial charge in [0.1, 0.15) is 17.1 Å². The highest BCUT2D eigenvalue weighted by molar-refractivity contribution is 6.10. The fourth-order valence-electron chi connectivity index (χ4n) is 4.80. The lowest BCUT2D eigenvalue weighted by atomic mass is 10.0. The van der Waals surface area contributed by atoms with Crippen LogP contribution in [-0.4, -0.2) is 47.7 Å². The molecule has 2 N–H and O–H groups in total. The number of ether oxygens (including phenoxy) is 1. The topological polar surface area (TPSA) is 111 Å². The van der Waals surface area contributed by atoms with Gasteiger partial charge < -0.3 is 20.3 Å². The second-order valence-corrected chi connectivity index (χ2v) is 8.45. The number of rotatable bonds is 5. The molecule has 9 heteroatoms. The molecule has 0 spiro atoms. The first-order valence-corrected chi connectivity index (χ1v) is 11.2. The molecule has 3 heterocycles. The maximum absolute atomic E-state index is 13.8. The van der Waals surface area contributed by atoms with Gasteiger partial charge in [-0.1, -0.05) is 12.1 Å². The van der Waals surface area contributed by atoms with Crippen molar-refractivity contribution in [1.29, 1.82) is 0 Å². The van der Waals surface area contributed by atoms with E-state index in [4.69, 9.17) is 10.5 Å². The molecule has 0 radical (unpaired) electrons. The number of benzene rings is 2. The second-order valence-electron chi connectivity index (χ2n) is 8.45.